The summed E-state index contributed by atoms with van der Waals surface area (Å²) in [5.74, 6) is -1.13. The van der Waals surface area contributed by atoms with Gasteiger partial charge in [0, 0.05) is 15.3 Å². The molecule has 3 rings (SSSR count). The number of nitrogens with one attached hydrogen (secondary N) is 1. The molecule has 0 saturated carbocycles. The van der Waals surface area contributed by atoms with Crippen LogP contribution in [0.25, 0.3) is 5.69 Å². The standard InChI is InChI=1S/C18H13FIN3O2/c1-11-10-16(24)17(18(25)21-14-8-4-3-7-13(14)20)22-23(11)15-9-5-2-6-12(15)19/h2-10H,1H3,(H,21,25). The third kappa shape index (κ3) is 3.60. The Hall–Kier alpha value is -2.55. The SMILES string of the molecule is Cc1cc(=O)c(C(=O)Nc2ccccc2I)nn1-c1ccccc1F. The van der Waals surface area contributed by atoms with Crippen LogP contribution in [0.2, 0.25) is 0 Å². The number of amides is 1. The van der Waals surface area contributed by atoms with Crippen LogP contribution in [0.15, 0.2) is 59.4 Å². The van der Waals surface area contributed by atoms with Crippen LogP contribution in [0, 0.1) is 16.3 Å². The maximum absolute atomic E-state index is 14.0. The van der Waals surface area contributed by atoms with Gasteiger partial charge >= 0.3 is 0 Å². The minimum atomic E-state index is -0.640. The molecule has 0 aliphatic carbocycles. The Balaban J connectivity index is 2.04. The average molecular weight is 449 g/mol. The molecule has 126 valence electrons. The molecule has 0 bridgehead atoms. The Labute approximate surface area is 156 Å². The Kier molecular flexibility index (Phi) is 4.93. The monoisotopic (exact) mass is 449 g/mol. The van der Waals surface area contributed by atoms with E-state index in [1.165, 1.54) is 22.9 Å². The van der Waals surface area contributed by atoms with Gasteiger partial charge in [0.15, 0.2) is 5.69 Å². The maximum Gasteiger partial charge on any atom is 0.280 e. The summed E-state index contributed by atoms with van der Waals surface area (Å²) in [6.45, 7) is 1.63. The van der Waals surface area contributed by atoms with Crippen molar-refractivity contribution in [1.82, 2.24) is 9.78 Å². The third-order valence-electron chi connectivity index (χ3n) is 3.53. The molecule has 0 fully saturated rings. The summed E-state index contributed by atoms with van der Waals surface area (Å²) in [6, 6.07) is 14.5. The van der Waals surface area contributed by atoms with Gasteiger partial charge in [-0.25, -0.2) is 9.07 Å². The van der Waals surface area contributed by atoms with E-state index in [4.69, 9.17) is 0 Å². The van der Waals surface area contributed by atoms with Gasteiger partial charge < -0.3 is 5.32 Å². The highest BCUT2D eigenvalue weighted by Crippen LogP contribution is 2.18. The molecule has 0 aliphatic heterocycles. The summed E-state index contributed by atoms with van der Waals surface area (Å²) in [6.07, 6.45) is 0. The normalized spacial score (nSPS) is 10.5. The van der Waals surface area contributed by atoms with Gasteiger partial charge in [0.1, 0.15) is 11.5 Å². The van der Waals surface area contributed by atoms with Crippen molar-refractivity contribution < 1.29 is 9.18 Å². The topological polar surface area (TPSA) is 64.0 Å². The Bertz CT molecular complexity index is 1020. The lowest BCUT2D eigenvalue weighted by Gasteiger charge is -2.12. The average Bonchev–Trinajstić information content (AvgIpc) is 2.58. The molecule has 1 amide bonds. The summed E-state index contributed by atoms with van der Waals surface area (Å²) >= 11 is 2.08. The van der Waals surface area contributed by atoms with E-state index in [1.807, 2.05) is 12.1 Å². The molecular formula is C18H13FIN3O2. The van der Waals surface area contributed by atoms with E-state index in [2.05, 4.69) is 33.0 Å². The first-order chi connectivity index (χ1) is 12.0. The van der Waals surface area contributed by atoms with Crippen molar-refractivity contribution in [1.29, 1.82) is 0 Å². The van der Waals surface area contributed by atoms with Crippen molar-refractivity contribution in [2.24, 2.45) is 0 Å². The number of anilines is 1. The van der Waals surface area contributed by atoms with Crippen LogP contribution in [-0.2, 0) is 0 Å². The zero-order chi connectivity index (χ0) is 18.0. The first-order valence-electron chi connectivity index (χ1n) is 7.39. The smallest absolute Gasteiger partial charge is 0.280 e. The molecule has 25 heavy (non-hydrogen) atoms. The minimum absolute atomic E-state index is 0.170. The maximum atomic E-state index is 14.0. The number of hydrogen-bond donors (Lipinski definition) is 1. The van der Waals surface area contributed by atoms with Crippen LogP contribution in [0.1, 0.15) is 16.2 Å². The molecule has 0 aliphatic rings. The lowest BCUT2D eigenvalue weighted by molar-refractivity contribution is 0.101. The molecule has 7 heteroatoms. The van der Waals surface area contributed by atoms with Gasteiger partial charge in [-0.1, -0.05) is 24.3 Å². The zero-order valence-electron chi connectivity index (χ0n) is 13.2. The van der Waals surface area contributed by atoms with E-state index in [9.17, 15) is 14.0 Å². The van der Waals surface area contributed by atoms with Crippen LogP contribution >= 0.6 is 22.6 Å². The number of nitrogens with zero attached hydrogens (tertiary/aromatic N) is 2. The molecule has 1 heterocycles. The highest BCUT2D eigenvalue weighted by Gasteiger charge is 2.17. The van der Waals surface area contributed by atoms with Gasteiger partial charge in [-0.15, -0.1) is 0 Å². The number of benzene rings is 2. The van der Waals surface area contributed by atoms with Crippen LogP contribution in [0.3, 0.4) is 0 Å². The van der Waals surface area contributed by atoms with Crippen LogP contribution in [-0.4, -0.2) is 15.7 Å². The number of carbonyl (C=O) groups excluding carboxylic acids is 1. The van der Waals surface area contributed by atoms with Crippen molar-refractivity contribution in [3.63, 3.8) is 0 Å². The molecule has 0 saturated heterocycles. The van der Waals surface area contributed by atoms with Gasteiger partial charge in [0.25, 0.3) is 5.91 Å². The van der Waals surface area contributed by atoms with Gasteiger partial charge in [-0.3, -0.25) is 9.59 Å². The van der Waals surface area contributed by atoms with Crippen molar-refractivity contribution >= 4 is 34.2 Å². The molecular weight excluding hydrogens is 436 g/mol. The first kappa shape index (κ1) is 17.3. The van der Waals surface area contributed by atoms with Crippen molar-refractivity contribution in [2.75, 3.05) is 5.32 Å². The Morgan fingerprint density at radius 3 is 2.56 bits per heavy atom. The quantitative estimate of drug-likeness (QED) is 0.623. The van der Waals surface area contributed by atoms with Gasteiger partial charge in [0.2, 0.25) is 5.43 Å². The minimum Gasteiger partial charge on any atom is -0.319 e. The summed E-state index contributed by atoms with van der Waals surface area (Å²) in [5, 5.41) is 6.74. The van der Waals surface area contributed by atoms with Gasteiger partial charge in [-0.2, -0.15) is 5.10 Å². The fourth-order valence-corrected chi connectivity index (χ4v) is 2.84. The van der Waals surface area contributed by atoms with Crippen molar-refractivity contribution in [3.8, 4) is 5.69 Å². The highest BCUT2D eigenvalue weighted by atomic mass is 127. The summed E-state index contributed by atoms with van der Waals surface area (Å²) in [5.41, 5.74) is 0.360. The lowest BCUT2D eigenvalue weighted by Crippen LogP contribution is -2.27. The van der Waals surface area contributed by atoms with E-state index >= 15 is 0 Å². The fourth-order valence-electron chi connectivity index (χ4n) is 2.32. The number of hydrogen-bond acceptors (Lipinski definition) is 3. The second-order valence-electron chi connectivity index (χ2n) is 5.30. The Morgan fingerprint density at radius 2 is 1.84 bits per heavy atom. The molecule has 0 spiro atoms. The predicted molar refractivity (Wildman–Crippen MR) is 102 cm³/mol. The van der Waals surface area contributed by atoms with E-state index in [1.54, 1.807) is 31.2 Å². The summed E-state index contributed by atoms with van der Waals surface area (Å²) in [7, 11) is 0. The molecule has 1 aromatic heterocycles. The molecule has 1 N–H and O–H groups in total. The number of aromatic nitrogens is 2. The lowest BCUT2D eigenvalue weighted by atomic mass is 10.2. The highest BCUT2D eigenvalue weighted by molar-refractivity contribution is 14.1. The van der Waals surface area contributed by atoms with E-state index in [0.717, 1.165) is 3.57 Å². The molecule has 0 radical (unpaired) electrons. The summed E-state index contributed by atoms with van der Waals surface area (Å²) < 4.78 is 16.1. The largest absolute Gasteiger partial charge is 0.319 e. The molecule has 3 aromatic rings. The number of carbonyl (C=O) groups is 1. The number of halogens is 2. The molecule has 0 atom stereocenters. The van der Waals surface area contributed by atoms with Crippen molar-refractivity contribution in [2.45, 2.75) is 6.92 Å². The van der Waals surface area contributed by atoms with Crippen molar-refractivity contribution in [3.05, 3.63) is 85.6 Å². The second-order valence-corrected chi connectivity index (χ2v) is 6.46. The number of aryl methyl sites for hydroxylation is 1. The van der Waals surface area contributed by atoms with E-state index in [0.29, 0.717) is 11.4 Å². The van der Waals surface area contributed by atoms with Crippen LogP contribution in [0.5, 0.6) is 0 Å². The Morgan fingerprint density at radius 1 is 1.16 bits per heavy atom. The van der Waals surface area contributed by atoms with E-state index < -0.39 is 17.2 Å². The second kappa shape index (κ2) is 7.14. The molecule has 0 unspecified atom stereocenters. The first-order valence-corrected chi connectivity index (χ1v) is 8.47. The van der Waals surface area contributed by atoms with E-state index in [-0.39, 0.29) is 11.4 Å². The molecule has 2 aromatic carbocycles. The van der Waals surface area contributed by atoms with Gasteiger partial charge in [0.05, 0.1) is 5.69 Å². The molecule has 5 nitrogen and oxygen atoms in total. The van der Waals surface area contributed by atoms with Crippen LogP contribution < -0.4 is 10.7 Å². The summed E-state index contributed by atoms with van der Waals surface area (Å²) in [4.78, 5) is 24.7. The predicted octanol–water partition coefficient (Wildman–Crippen LogP) is 3.54. The van der Waals surface area contributed by atoms with Crippen LogP contribution in [0.4, 0.5) is 10.1 Å². The number of para-hydroxylation sites is 2. The van der Waals surface area contributed by atoms with Gasteiger partial charge in [-0.05, 0) is 53.8 Å². The number of rotatable bonds is 3. The zero-order valence-corrected chi connectivity index (χ0v) is 15.3. The third-order valence-corrected chi connectivity index (χ3v) is 4.47. The fraction of sp³-hybridized carbons (Fsp3) is 0.0556.